The van der Waals surface area contributed by atoms with Gasteiger partial charge in [0, 0.05) is 23.2 Å². The van der Waals surface area contributed by atoms with Crippen molar-refractivity contribution in [3.05, 3.63) is 36.2 Å². The third-order valence-corrected chi connectivity index (χ3v) is 2.69. The number of fused-ring (bicyclic) bond motifs is 1. The molecule has 0 amide bonds. The fraction of sp³-hybridized carbons (Fsp3) is 0.250. The van der Waals surface area contributed by atoms with Gasteiger partial charge in [-0.1, -0.05) is 18.2 Å². The van der Waals surface area contributed by atoms with Gasteiger partial charge >= 0.3 is 5.97 Å². The number of aromatic nitrogens is 2. The first-order chi connectivity index (χ1) is 8.18. The number of carbonyl (C=O) groups is 1. The molecule has 0 saturated heterocycles. The van der Waals surface area contributed by atoms with Crippen LogP contribution < -0.4 is 5.73 Å². The molecule has 2 aromatic rings. The van der Waals surface area contributed by atoms with E-state index in [9.17, 15) is 4.79 Å². The molecule has 88 valence electrons. The van der Waals surface area contributed by atoms with Crippen molar-refractivity contribution in [2.45, 2.75) is 18.9 Å². The van der Waals surface area contributed by atoms with Gasteiger partial charge in [0.15, 0.2) is 0 Å². The van der Waals surface area contributed by atoms with E-state index in [0.717, 1.165) is 16.3 Å². The first kappa shape index (κ1) is 11.5. The summed E-state index contributed by atoms with van der Waals surface area (Å²) in [6, 6.07) is 5.42. The topological polar surface area (TPSA) is 89.1 Å². The normalized spacial score (nSPS) is 12.5. The highest BCUT2D eigenvalue weighted by Gasteiger charge is 2.11. The molecule has 0 fully saturated rings. The predicted octanol–water partition coefficient (Wildman–Crippen LogP) is 1.49. The second-order valence-electron chi connectivity index (χ2n) is 3.88. The number of carboxylic acids is 1. The number of nitrogens with zero attached hydrogens (tertiary/aromatic N) is 2. The van der Waals surface area contributed by atoms with E-state index >= 15 is 0 Å². The van der Waals surface area contributed by atoms with Gasteiger partial charge < -0.3 is 10.8 Å². The number of carboxylic acid groups (broad SMARTS) is 1. The molecule has 1 aromatic heterocycles. The first-order valence-corrected chi connectivity index (χ1v) is 5.35. The second-order valence-corrected chi connectivity index (χ2v) is 3.88. The maximum atomic E-state index is 10.5. The molecular formula is C12H13N3O2. The van der Waals surface area contributed by atoms with Gasteiger partial charge in [-0.2, -0.15) is 10.2 Å². The van der Waals surface area contributed by atoms with Crippen LogP contribution in [0.3, 0.4) is 0 Å². The lowest BCUT2D eigenvalue weighted by Crippen LogP contribution is -2.12. The largest absolute Gasteiger partial charge is 0.481 e. The molecule has 0 bridgehead atoms. The van der Waals surface area contributed by atoms with Crippen LogP contribution in [-0.2, 0) is 4.79 Å². The Morgan fingerprint density at radius 3 is 2.88 bits per heavy atom. The quantitative estimate of drug-likeness (QED) is 0.832. The smallest absolute Gasteiger partial charge is 0.303 e. The van der Waals surface area contributed by atoms with E-state index in [1.54, 1.807) is 12.4 Å². The molecule has 0 saturated carbocycles. The summed E-state index contributed by atoms with van der Waals surface area (Å²) in [4.78, 5) is 10.5. The van der Waals surface area contributed by atoms with E-state index in [0.29, 0.717) is 6.42 Å². The molecule has 0 spiro atoms. The lowest BCUT2D eigenvalue weighted by molar-refractivity contribution is -0.137. The van der Waals surface area contributed by atoms with E-state index in [1.165, 1.54) is 0 Å². The maximum Gasteiger partial charge on any atom is 0.303 e. The third kappa shape index (κ3) is 2.57. The molecule has 2 rings (SSSR count). The zero-order valence-corrected chi connectivity index (χ0v) is 9.21. The van der Waals surface area contributed by atoms with Crippen molar-refractivity contribution in [1.82, 2.24) is 10.2 Å². The molecule has 1 aromatic carbocycles. The fourth-order valence-corrected chi connectivity index (χ4v) is 1.81. The van der Waals surface area contributed by atoms with Gasteiger partial charge in [-0.3, -0.25) is 4.79 Å². The average Bonchev–Trinajstić information content (AvgIpc) is 2.35. The first-order valence-electron chi connectivity index (χ1n) is 5.35. The second kappa shape index (κ2) is 4.88. The van der Waals surface area contributed by atoms with Gasteiger partial charge in [-0.05, 0) is 12.0 Å². The minimum atomic E-state index is -0.833. The Hall–Kier alpha value is -2.01. The van der Waals surface area contributed by atoms with E-state index in [4.69, 9.17) is 10.8 Å². The van der Waals surface area contributed by atoms with Gasteiger partial charge in [0.2, 0.25) is 0 Å². The molecule has 5 heteroatoms. The van der Waals surface area contributed by atoms with Crippen LogP contribution in [0.5, 0.6) is 0 Å². The summed E-state index contributed by atoms with van der Waals surface area (Å²) in [6.07, 6.45) is 3.81. The summed E-state index contributed by atoms with van der Waals surface area (Å²) in [5.41, 5.74) is 6.91. The van der Waals surface area contributed by atoms with Crippen LogP contribution in [-0.4, -0.2) is 21.3 Å². The van der Waals surface area contributed by atoms with Crippen molar-refractivity contribution in [2.75, 3.05) is 0 Å². The summed E-state index contributed by atoms with van der Waals surface area (Å²) in [5, 5.41) is 18.2. The lowest BCUT2D eigenvalue weighted by atomic mass is 9.98. The van der Waals surface area contributed by atoms with Crippen LogP contribution in [0.1, 0.15) is 24.4 Å². The molecule has 1 unspecified atom stereocenters. The van der Waals surface area contributed by atoms with Gasteiger partial charge in [0.25, 0.3) is 0 Å². The molecule has 0 aliphatic rings. The minimum Gasteiger partial charge on any atom is -0.481 e. The van der Waals surface area contributed by atoms with Gasteiger partial charge in [0.1, 0.15) is 0 Å². The van der Waals surface area contributed by atoms with Crippen LogP contribution in [0.25, 0.3) is 10.8 Å². The molecule has 0 aliphatic heterocycles. The standard InChI is InChI=1S/C12H13N3O2/c13-11(4-5-12(16)17)9-3-1-2-8-6-14-15-7-10(8)9/h1-3,6-7,11H,4-5,13H2,(H,16,17). The van der Waals surface area contributed by atoms with Crippen molar-refractivity contribution < 1.29 is 9.90 Å². The fourth-order valence-electron chi connectivity index (χ4n) is 1.81. The minimum absolute atomic E-state index is 0.0655. The summed E-state index contributed by atoms with van der Waals surface area (Å²) < 4.78 is 0. The molecule has 1 heterocycles. The highest BCUT2D eigenvalue weighted by atomic mass is 16.4. The Morgan fingerprint density at radius 1 is 1.35 bits per heavy atom. The molecule has 0 radical (unpaired) electrons. The van der Waals surface area contributed by atoms with Gasteiger partial charge in [-0.15, -0.1) is 0 Å². The van der Waals surface area contributed by atoms with E-state index in [1.807, 2.05) is 18.2 Å². The van der Waals surface area contributed by atoms with Gasteiger partial charge in [-0.25, -0.2) is 0 Å². The van der Waals surface area contributed by atoms with Crippen LogP contribution in [0.2, 0.25) is 0 Å². The highest BCUT2D eigenvalue weighted by Crippen LogP contribution is 2.24. The molecule has 5 nitrogen and oxygen atoms in total. The maximum absolute atomic E-state index is 10.5. The van der Waals surface area contributed by atoms with Crippen LogP contribution in [0.4, 0.5) is 0 Å². The Labute approximate surface area is 98.3 Å². The summed E-state index contributed by atoms with van der Waals surface area (Å²) in [6.45, 7) is 0. The third-order valence-electron chi connectivity index (χ3n) is 2.69. The zero-order chi connectivity index (χ0) is 12.3. The number of hydrogen-bond donors (Lipinski definition) is 2. The molecule has 1 atom stereocenters. The van der Waals surface area contributed by atoms with Gasteiger partial charge in [0.05, 0.1) is 12.4 Å². The predicted molar refractivity (Wildman–Crippen MR) is 63.3 cm³/mol. The number of rotatable bonds is 4. The Bertz CT molecular complexity index is 537. The van der Waals surface area contributed by atoms with Crippen LogP contribution >= 0.6 is 0 Å². The highest BCUT2D eigenvalue weighted by molar-refractivity contribution is 5.84. The summed E-state index contributed by atoms with van der Waals surface area (Å²) in [7, 11) is 0. The molecule has 3 N–H and O–H groups in total. The lowest BCUT2D eigenvalue weighted by Gasteiger charge is -2.13. The Balaban J connectivity index is 2.31. The van der Waals surface area contributed by atoms with E-state index < -0.39 is 5.97 Å². The Kier molecular flexibility index (Phi) is 3.30. The Morgan fingerprint density at radius 2 is 2.12 bits per heavy atom. The van der Waals surface area contributed by atoms with Crippen LogP contribution in [0.15, 0.2) is 30.6 Å². The van der Waals surface area contributed by atoms with Crippen molar-refractivity contribution in [3.8, 4) is 0 Å². The van der Waals surface area contributed by atoms with E-state index in [-0.39, 0.29) is 12.5 Å². The SMILES string of the molecule is NC(CCC(=O)O)c1cccc2cnncc12. The summed E-state index contributed by atoms with van der Waals surface area (Å²) >= 11 is 0. The van der Waals surface area contributed by atoms with E-state index in [2.05, 4.69) is 10.2 Å². The summed E-state index contributed by atoms with van der Waals surface area (Å²) in [5.74, 6) is -0.833. The monoisotopic (exact) mass is 231 g/mol. The molecule has 0 aliphatic carbocycles. The zero-order valence-electron chi connectivity index (χ0n) is 9.21. The molecular weight excluding hydrogens is 218 g/mol. The number of benzene rings is 1. The van der Waals surface area contributed by atoms with Crippen molar-refractivity contribution >= 4 is 16.7 Å². The number of aliphatic carboxylic acids is 1. The number of nitrogens with two attached hydrogens (primary N) is 1. The van der Waals surface area contributed by atoms with Crippen molar-refractivity contribution in [2.24, 2.45) is 5.73 Å². The number of hydrogen-bond acceptors (Lipinski definition) is 4. The van der Waals surface area contributed by atoms with Crippen molar-refractivity contribution in [1.29, 1.82) is 0 Å². The van der Waals surface area contributed by atoms with Crippen LogP contribution in [0, 0.1) is 0 Å². The molecule has 17 heavy (non-hydrogen) atoms. The van der Waals surface area contributed by atoms with Crippen molar-refractivity contribution in [3.63, 3.8) is 0 Å². The average molecular weight is 231 g/mol.